The Morgan fingerprint density at radius 1 is 0.938 bits per heavy atom. The molecule has 0 saturated heterocycles. The molecule has 32 heavy (non-hydrogen) atoms. The van der Waals surface area contributed by atoms with Gasteiger partial charge in [0, 0.05) is 23.4 Å². The quantitative estimate of drug-likeness (QED) is 0.449. The second kappa shape index (κ2) is 7.50. The van der Waals surface area contributed by atoms with Gasteiger partial charge in [0.25, 0.3) is 5.56 Å². The van der Waals surface area contributed by atoms with Crippen LogP contribution in [0.1, 0.15) is 0 Å². The summed E-state index contributed by atoms with van der Waals surface area (Å²) in [7, 11) is -3.39. The third-order valence-corrected chi connectivity index (χ3v) is 5.94. The smallest absolute Gasteiger partial charge is 0.293 e. The number of hydrogen-bond acceptors (Lipinski definition) is 8. The topological polar surface area (TPSA) is 119 Å². The molecule has 0 spiro atoms. The zero-order chi connectivity index (χ0) is 22.3. The molecule has 0 radical (unpaired) electrons. The lowest BCUT2D eigenvalue weighted by Crippen LogP contribution is -2.11. The minimum Gasteiger partial charge on any atom is -0.319 e. The van der Waals surface area contributed by atoms with E-state index in [0.29, 0.717) is 22.6 Å². The van der Waals surface area contributed by atoms with E-state index in [4.69, 9.17) is 0 Å². The highest BCUT2D eigenvalue weighted by Gasteiger charge is 2.16. The van der Waals surface area contributed by atoms with Crippen molar-refractivity contribution in [3.8, 4) is 11.4 Å². The van der Waals surface area contributed by atoms with Gasteiger partial charge in [-0.3, -0.25) is 4.79 Å². The van der Waals surface area contributed by atoms with E-state index in [2.05, 4.69) is 25.4 Å². The van der Waals surface area contributed by atoms with E-state index in [1.54, 1.807) is 30.3 Å². The number of nitrogens with zero attached hydrogens (tertiary/aromatic N) is 5. The molecule has 10 heteroatoms. The molecule has 5 aromatic rings. The Hall–Kier alpha value is -4.18. The Morgan fingerprint density at radius 2 is 1.75 bits per heavy atom. The largest absolute Gasteiger partial charge is 0.319 e. The van der Waals surface area contributed by atoms with E-state index >= 15 is 0 Å². The van der Waals surface area contributed by atoms with Gasteiger partial charge in [-0.2, -0.15) is 4.52 Å². The average Bonchev–Trinajstić information content (AvgIpc) is 3.14. The van der Waals surface area contributed by atoms with Gasteiger partial charge in [-0.1, -0.05) is 30.3 Å². The Bertz CT molecular complexity index is 1660. The van der Waals surface area contributed by atoms with Crippen molar-refractivity contribution in [1.29, 1.82) is 0 Å². The number of para-hydroxylation sites is 1. The van der Waals surface area contributed by atoms with Crippen LogP contribution in [0, 0.1) is 0 Å². The van der Waals surface area contributed by atoms with Crippen LogP contribution < -0.4 is 10.9 Å². The molecule has 0 saturated carbocycles. The molecule has 0 bridgehead atoms. The molecule has 9 nitrogen and oxygen atoms in total. The van der Waals surface area contributed by atoms with Crippen LogP contribution in [0.15, 0.2) is 82.6 Å². The summed E-state index contributed by atoms with van der Waals surface area (Å²) in [6.45, 7) is 0. The summed E-state index contributed by atoms with van der Waals surface area (Å²) >= 11 is 0. The molecular weight excluding hydrogens is 428 g/mol. The first-order valence-electron chi connectivity index (χ1n) is 9.58. The number of aromatic nitrogens is 5. The van der Waals surface area contributed by atoms with Gasteiger partial charge in [-0.15, -0.1) is 5.10 Å². The van der Waals surface area contributed by atoms with Gasteiger partial charge in [-0.25, -0.2) is 23.4 Å². The molecule has 0 atom stereocenters. The van der Waals surface area contributed by atoms with Crippen molar-refractivity contribution >= 4 is 38.0 Å². The predicted octanol–water partition coefficient (Wildman–Crippen LogP) is 2.85. The van der Waals surface area contributed by atoms with Crippen LogP contribution in [0.25, 0.3) is 27.9 Å². The third kappa shape index (κ3) is 3.56. The summed E-state index contributed by atoms with van der Waals surface area (Å²) in [5.41, 5.74) is 1.50. The normalized spacial score (nSPS) is 11.7. The molecule has 1 N–H and O–H groups in total. The van der Waals surface area contributed by atoms with E-state index < -0.39 is 15.4 Å². The van der Waals surface area contributed by atoms with Gasteiger partial charge in [0.15, 0.2) is 21.3 Å². The molecule has 3 heterocycles. The molecule has 0 aliphatic heterocycles. The average molecular weight is 444 g/mol. The van der Waals surface area contributed by atoms with Gasteiger partial charge < -0.3 is 5.32 Å². The molecular formula is C22H16N6O3S. The van der Waals surface area contributed by atoms with Crippen LogP contribution in [0.5, 0.6) is 0 Å². The second-order valence-corrected chi connectivity index (χ2v) is 9.11. The summed E-state index contributed by atoms with van der Waals surface area (Å²) in [6, 6.07) is 18.8. The van der Waals surface area contributed by atoms with Gasteiger partial charge in [0.1, 0.15) is 5.69 Å². The fraction of sp³-hybridized carbons (Fsp3) is 0.0455. The van der Waals surface area contributed by atoms with Crippen molar-refractivity contribution in [1.82, 2.24) is 24.6 Å². The number of fused-ring (bicyclic) bond motifs is 3. The van der Waals surface area contributed by atoms with Crippen LogP contribution in [-0.4, -0.2) is 39.2 Å². The van der Waals surface area contributed by atoms with E-state index in [1.807, 2.05) is 24.3 Å². The van der Waals surface area contributed by atoms with E-state index in [1.165, 1.54) is 22.8 Å². The monoisotopic (exact) mass is 444 g/mol. The molecule has 0 unspecified atom stereocenters. The molecule has 5 rings (SSSR count). The number of rotatable bonds is 4. The van der Waals surface area contributed by atoms with Crippen LogP contribution in [0.3, 0.4) is 0 Å². The first kappa shape index (κ1) is 19.8. The van der Waals surface area contributed by atoms with Gasteiger partial charge in [0.2, 0.25) is 5.95 Å². The summed E-state index contributed by atoms with van der Waals surface area (Å²) < 4.78 is 25.5. The van der Waals surface area contributed by atoms with Crippen LogP contribution in [0.2, 0.25) is 0 Å². The molecule has 0 fully saturated rings. The van der Waals surface area contributed by atoms with E-state index in [9.17, 15) is 13.2 Å². The van der Waals surface area contributed by atoms with Gasteiger partial charge in [0.05, 0.1) is 10.4 Å². The number of hydrogen-bond donors (Lipinski definition) is 1. The molecule has 3 aromatic heterocycles. The molecule has 158 valence electrons. The Morgan fingerprint density at radius 3 is 2.59 bits per heavy atom. The number of benzene rings is 2. The molecule has 0 aliphatic carbocycles. The highest BCUT2D eigenvalue weighted by molar-refractivity contribution is 7.90. The summed E-state index contributed by atoms with van der Waals surface area (Å²) in [5, 5.41) is 8.33. The first-order valence-corrected chi connectivity index (χ1v) is 11.5. The first-order chi connectivity index (χ1) is 15.4. The Kier molecular flexibility index (Phi) is 4.63. The summed E-state index contributed by atoms with van der Waals surface area (Å²) in [4.78, 5) is 25.5. The summed E-state index contributed by atoms with van der Waals surface area (Å²) in [6.07, 6.45) is 2.57. The van der Waals surface area contributed by atoms with Crippen molar-refractivity contribution in [3.63, 3.8) is 0 Å². The Labute approximate surface area is 182 Å². The lowest BCUT2D eigenvalue weighted by Gasteiger charge is -2.07. The minimum atomic E-state index is -3.39. The van der Waals surface area contributed by atoms with Crippen molar-refractivity contribution in [2.24, 2.45) is 0 Å². The highest BCUT2D eigenvalue weighted by atomic mass is 32.2. The zero-order valence-electron chi connectivity index (χ0n) is 16.8. The van der Waals surface area contributed by atoms with Crippen molar-refractivity contribution < 1.29 is 8.42 Å². The fourth-order valence-corrected chi connectivity index (χ4v) is 3.96. The highest BCUT2D eigenvalue weighted by Crippen LogP contribution is 2.26. The molecule has 0 aliphatic rings. The van der Waals surface area contributed by atoms with Crippen LogP contribution >= 0.6 is 0 Å². The van der Waals surface area contributed by atoms with Crippen molar-refractivity contribution in [2.75, 3.05) is 11.6 Å². The SMILES string of the molecule is CS(=O)(=O)c1cccc(-c2nc3c4ccccc4nc(Nc4ccccnc4=O)n3n2)c1. The van der Waals surface area contributed by atoms with Crippen LogP contribution in [-0.2, 0) is 9.84 Å². The lowest BCUT2D eigenvalue weighted by atomic mass is 10.2. The zero-order valence-corrected chi connectivity index (χ0v) is 17.6. The maximum Gasteiger partial charge on any atom is 0.293 e. The maximum atomic E-state index is 12.3. The van der Waals surface area contributed by atoms with Crippen molar-refractivity contribution in [3.05, 3.63) is 83.3 Å². The van der Waals surface area contributed by atoms with E-state index in [-0.39, 0.29) is 16.5 Å². The van der Waals surface area contributed by atoms with Gasteiger partial charge in [-0.05, 0) is 36.4 Å². The summed E-state index contributed by atoms with van der Waals surface area (Å²) in [5.74, 6) is 0.609. The number of nitrogens with one attached hydrogen (secondary N) is 1. The Balaban J connectivity index is 1.74. The lowest BCUT2D eigenvalue weighted by molar-refractivity contribution is 0.602. The van der Waals surface area contributed by atoms with Crippen molar-refractivity contribution in [2.45, 2.75) is 4.90 Å². The number of anilines is 2. The minimum absolute atomic E-state index is 0.175. The van der Waals surface area contributed by atoms with Gasteiger partial charge >= 0.3 is 0 Å². The molecule has 2 aromatic carbocycles. The third-order valence-electron chi connectivity index (χ3n) is 4.83. The predicted molar refractivity (Wildman–Crippen MR) is 121 cm³/mol. The maximum absolute atomic E-state index is 12.3. The van der Waals surface area contributed by atoms with E-state index in [0.717, 1.165) is 11.6 Å². The molecule has 0 amide bonds. The number of sulfone groups is 1. The second-order valence-electron chi connectivity index (χ2n) is 7.10. The fourth-order valence-electron chi connectivity index (χ4n) is 3.29. The standard InChI is InChI=1S/C22H16N6O3S/c1-32(30,31)15-8-6-7-14(13-15)19-26-20-16-9-2-3-10-17(16)24-22(28(20)27-19)25-18-11-4-5-12-23-21(18)29/h2-13H,1H3,(H,23,24,25,29). The van der Waals surface area contributed by atoms with Crippen LogP contribution in [0.4, 0.5) is 11.6 Å².